The van der Waals surface area contributed by atoms with E-state index in [0.717, 1.165) is 13.1 Å². The summed E-state index contributed by atoms with van der Waals surface area (Å²) < 4.78 is 0. The van der Waals surface area contributed by atoms with Crippen molar-refractivity contribution in [3.8, 4) is 0 Å². The van der Waals surface area contributed by atoms with Gasteiger partial charge in [0.15, 0.2) is 0 Å². The normalized spacial score (nSPS) is 18.4. The molecule has 1 amide bonds. The van der Waals surface area contributed by atoms with Gasteiger partial charge in [0.25, 0.3) is 0 Å². The number of nitrogens with one attached hydrogen (secondary N) is 2. The van der Waals surface area contributed by atoms with Crippen molar-refractivity contribution >= 4 is 11.9 Å². The monoisotopic (exact) mass is 200 g/mol. The van der Waals surface area contributed by atoms with Crippen molar-refractivity contribution in [1.29, 1.82) is 0 Å². The Hall–Kier alpha value is -1.10. The van der Waals surface area contributed by atoms with Gasteiger partial charge in [-0.2, -0.15) is 0 Å². The Kier molecular flexibility index (Phi) is 3.88. The summed E-state index contributed by atoms with van der Waals surface area (Å²) in [7, 11) is 0. The Labute approximate surface area is 82.9 Å². The zero-order chi connectivity index (χ0) is 10.6. The van der Waals surface area contributed by atoms with Gasteiger partial charge in [-0.1, -0.05) is 6.92 Å². The quantitative estimate of drug-likeness (QED) is 0.563. The minimum Gasteiger partial charge on any atom is -0.480 e. The number of carbonyl (C=O) groups is 2. The summed E-state index contributed by atoms with van der Waals surface area (Å²) in [6, 6.07) is -0.740. The largest absolute Gasteiger partial charge is 0.480 e. The summed E-state index contributed by atoms with van der Waals surface area (Å²) in [6.07, 6.45) is 0.848. The number of rotatable bonds is 5. The van der Waals surface area contributed by atoms with Crippen LogP contribution in [-0.2, 0) is 9.59 Å². The number of hydrogen-bond acceptors (Lipinski definition) is 3. The minimum absolute atomic E-state index is 0.161. The molecular weight excluding hydrogens is 184 g/mol. The van der Waals surface area contributed by atoms with Crippen molar-refractivity contribution in [3.63, 3.8) is 0 Å². The van der Waals surface area contributed by atoms with Gasteiger partial charge in [-0.3, -0.25) is 4.79 Å². The Morgan fingerprint density at radius 3 is 2.57 bits per heavy atom. The summed E-state index contributed by atoms with van der Waals surface area (Å²) in [5.74, 6) is -0.750. The smallest absolute Gasteiger partial charge is 0.326 e. The highest BCUT2D eigenvalue weighted by Crippen LogP contribution is 2.08. The van der Waals surface area contributed by atoms with Crippen LogP contribution in [0, 0.1) is 5.92 Å². The molecule has 0 spiro atoms. The van der Waals surface area contributed by atoms with E-state index in [2.05, 4.69) is 10.6 Å². The highest BCUT2D eigenvalue weighted by molar-refractivity contribution is 5.83. The van der Waals surface area contributed by atoms with Crippen LogP contribution in [0.25, 0.3) is 0 Å². The van der Waals surface area contributed by atoms with Crippen molar-refractivity contribution in [2.45, 2.75) is 25.8 Å². The highest BCUT2D eigenvalue weighted by atomic mass is 16.4. The molecule has 1 aliphatic rings. The molecule has 1 rings (SSSR count). The van der Waals surface area contributed by atoms with Crippen molar-refractivity contribution in [1.82, 2.24) is 10.6 Å². The molecule has 0 saturated carbocycles. The van der Waals surface area contributed by atoms with E-state index in [0.29, 0.717) is 18.8 Å². The third-order valence-electron chi connectivity index (χ3n) is 2.38. The molecule has 0 radical (unpaired) electrons. The molecule has 3 N–H and O–H groups in total. The highest BCUT2D eigenvalue weighted by Gasteiger charge is 2.23. The molecule has 5 heteroatoms. The van der Waals surface area contributed by atoms with Gasteiger partial charge in [-0.05, 0) is 25.4 Å². The Balaban J connectivity index is 2.26. The van der Waals surface area contributed by atoms with Crippen LogP contribution in [0.5, 0.6) is 0 Å². The fourth-order valence-electron chi connectivity index (χ4n) is 1.35. The fourth-order valence-corrected chi connectivity index (χ4v) is 1.35. The van der Waals surface area contributed by atoms with Gasteiger partial charge in [-0.25, -0.2) is 4.79 Å². The summed E-state index contributed by atoms with van der Waals surface area (Å²) >= 11 is 0. The molecule has 1 heterocycles. The minimum atomic E-state index is -0.965. The van der Waals surface area contributed by atoms with E-state index in [-0.39, 0.29) is 5.91 Å². The molecule has 0 aromatic carbocycles. The maximum absolute atomic E-state index is 11.3. The Bertz CT molecular complexity index is 226. The van der Waals surface area contributed by atoms with E-state index in [1.165, 1.54) is 0 Å². The van der Waals surface area contributed by atoms with Gasteiger partial charge >= 0.3 is 5.97 Å². The summed E-state index contributed by atoms with van der Waals surface area (Å²) in [4.78, 5) is 21.9. The van der Waals surface area contributed by atoms with Crippen LogP contribution in [0.3, 0.4) is 0 Å². The number of carboxylic acid groups (broad SMARTS) is 1. The van der Waals surface area contributed by atoms with Crippen LogP contribution in [0.4, 0.5) is 0 Å². The first-order valence-electron chi connectivity index (χ1n) is 4.86. The maximum atomic E-state index is 11.3. The average Bonchev–Trinajstić information content (AvgIpc) is 2.07. The topological polar surface area (TPSA) is 78.4 Å². The van der Waals surface area contributed by atoms with E-state index < -0.39 is 12.0 Å². The van der Waals surface area contributed by atoms with Crippen molar-refractivity contribution in [2.24, 2.45) is 5.92 Å². The zero-order valence-electron chi connectivity index (χ0n) is 8.25. The van der Waals surface area contributed by atoms with Crippen molar-refractivity contribution < 1.29 is 14.7 Å². The molecule has 14 heavy (non-hydrogen) atoms. The van der Waals surface area contributed by atoms with E-state index in [1.54, 1.807) is 6.92 Å². The van der Waals surface area contributed by atoms with Crippen molar-refractivity contribution in [3.05, 3.63) is 0 Å². The lowest BCUT2D eigenvalue weighted by Gasteiger charge is -2.26. The maximum Gasteiger partial charge on any atom is 0.326 e. The lowest BCUT2D eigenvalue weighted by molar-refractivity contribution is -0.142. The van der Waals surface area contributed by atoms with E-state index in [1.807, 2.05) is 0 Å². The number of carbonyl (C=O) groups excluding carboxylic acids is 1. The molecule has 0 aromatic rings. The molecule has 5 nitrogen and oxygen atoms in total. The summed E-state index contributed by atoms with van der Waals surface area (Å²) in [5, 5.41) is 14.3. The van der Waals surface area contributed by atoms with Gasteiger partial charge in [0.2, 0.25) is 5.91 Å². The molecule has 0 bridgehead atoms. The van der Waals surface area contributed by atoms with E-state index in [4.69, 9.17) is 5.11 Å². The molecule has 1 fully saturated rings. The molecular formula is C9H16N2O3. The van der Waals surface area contributed by atoms with E-state index in [9.17, 15) is 9.59 Å². The lowest BCUT2D eigenvalue weighted by Crippen LogP contribution is -2.47. The Morgan fingerprint density at radius 1 is 1.57 bits per heavy atom. The van der Waals surface area contributed by atoms with Crippen LogP contribution in [0.1, 0.15) is 19.8 Å². The third kappa shape index (κ3) is 2.99. The molecule has 80 valence electrons. The van der Waals surface area contributed by atoms with Gasteiger partial charge in [-0.15, -0.1) is 0 Å². The number of amides is 1. The third-order valence-corrected chi connectivity index (χ3v) is 2.38. The van der Waals surface area contributed by atoms with Gasteiger partial charge in [0, 0.05) is 6.42 Å². The molecule has 0 unspecified atom stereocenters. The second-order valence-corrected chi connectivity index (χ2v) is 3.59. The molecule has 0 aliphatic carbocycles. The van der Waals surface area contributed by atoms with Gasteiger partial charge in [0.1, 0.15) is 6.04 Å². The van der Waals surface area contributed by atoms with E-state index >= 15 is 0 Å². The van der Waals surface area contributed by atoms with Crippen LogP contribution in [0.15, 0.2) is 0 Å². The number of hydrogen-bond donors (Lipinski definition) is 3. The molecule has 0 aromatic heterocycles. The Morgan fingerprint density at radius 2 is 2.21 bits per heavy atom. The van der Waals surface area contributed by atoms with Gasteiger partial charge < -0.3 is 15.7 Å². The molecule has 1 saturated heterocycles. The predicted molar refractivity (Wildman–Crippen MR) is 50.8 cm³/mol. The van der Waals surface area contributed by atoms with Crippen LogP contribution in [-0.4, -0.2) is 36.1 Å². The zero-order valence-corrected chi connectivity index (χ0v) is 8.25. The van der Waals surface area contributed by atoms with Crippen molar-refractivity contribution in [2.75, 3.05) is 13.1 Å². The first kappa shape index (κ1) is 11.0. The molecule has 1 aliphatic heterocycles. The fraction of sp³-hybridized carbons (Fsp3) is 0.778. The number of carboxylic acids is 1. The first-order chi connectivity index (χ1) is 6.63. The average molecular weight is 200 g/mol. The van der Waals surface area contributed by atoms with Gasteiger partial charge in [0.05, 0.1) is 0 Å². The van der Waals surface area contributed by atoms with Crippen LogP contribution < -0.4 is 10.6 Å². The first-order valence-corrected chi connectivity index (χ1v) is 4.86. The second kappa shape index (κ2) is 4.95. The summed E-state index contributed by atoms with van der Waals surface area (Å²) in [6.45, 7) is 3.46. The standard InChI is InChI=1S/C9H16N2O3/c1-2-7(9(13)14)11-8(12)3-6-4-10-5-6/h6-7,10H,2-5H2,1H3,(H,11,12)(H,13,14)/t7-/m0/s1. The SMILES string of the molecule is CC[C@H](NC(=O)CC1CNC1)C(=O)O. The predicted octanol–water partition coefficient (Wildman–Crippen LogP) is -0.425. The lowest BCUT2D eigenvalue weighted by atomic mass is 9.99. The van der Waals surface area contributed by atoms with Crippen LogP contribution >= 0.6 is 0 Å². The second-order valence-electron chi connectivity index (χ2n) is 3.59. The summed E-state index contributed by atoms with van der Waals surface area (Å²) in [5.41, 5.74) is 0. The van der Waals surface area contributed by atoms with Crippen LogP contribution in [0.2, 0.25) is 0 Å². The number of aliphatic carboxylic acids is 1. The molecule has 1 atom stereocenters.